The summed E-state index contributed by atoms with van der Waals surface area (Å²) < 4.78 is 5.42. The fraction of sp³-hybridized carbons (Fsp3) is 0.333. The van der Waals surface area contributed by atoms with Crippen molar-refractivity contribution in [2.75, 3.05) is 25.4 Å². The molecule has 134 valence electrons. The van der Waals surface area contributed by atoms with Gasteiger partial charge in [-0.3, -0.25) is 9.59 Å². The smallest absolute Gasteiger partial charge is 0.255 e. The van der Waals surface area contributed by atoms with Gasteiger partial charge in [0, 0.05) is 18.1 Å². The molecule has 0 aliphatic carbocycles. The Labute approximate surface area is 156 Å². The van der Waals surface area contributed by atoms with Crippen LogP contribution in [0.1, 0.15) is 22.8 Å². The van der Waals surface area contributed by atoms with E-state index in [-0.39, 0.29) is 18.4 Å². The number of carbonyl (C=O) groups is 2. The molecule has 0 aliphatic rings. The highest BCUT2D eigenvalue weighted by atomic mass is 32.2. The summed E-state index contributed by atoms with van der Waals surface area (Å²) in [5.74, 6) is 1.80. The van der Waals surface area contributed by atoms with Gasteiger partial charge in [0.05, 0.1) is 18.7 Å². The highest BCUT2D eigenvalue weighted by molar-refractivity contribution is 7.98. The molecule has 1 heterocycles. The van der Waals surface area contributed by atoms with Gasteiger partial charge in [-0.25, -0.2) is 0 Å². The van der Waals surface area contributed by atoms with Crippen LogP contribution in [-0.2, 0) is 10.5 Å². The third-order valence-electron chi connectivity index (χ3n) is 3.26. The minimum Gasteiger partial charge on any atom is -0.493 e. The largest absolute Gasteiger partial charge is 0.493 e. The molecule has 0 saturated heterocycles. The molecule has 0 bridgehead atoms. The number of hydrogen-bond acceptors (Lipinski definition) is 5. The molecule has 0 spiro atoms. The molecule has 0 aliphatic heterocycles. The molecule has 2 N–H and O–H groups in total. The number of thiophene rings is 1. The number of thioether (sulfide) groups is 1. The maximum atomic E-state index is 12.2. The average molecular weight is 379 g/mol. The Kier molecular flexibility index (Phi) is 8.34. The van der Waals surface area contributed by atoms with Crippen molar-refractivity contribution in [3.8, 4) is 5.75 Å². The molecular weight excluding hydrogens is 356 g/mol. The van der Waals surface area contributed by atoms with E-state index in [0.29, 0.717) is 24.5 Å². The first-order chi connectivity index (χ1) is 12.2. The Balaban J connectivity index is 1.65. The molecule has 0 atom stereocenters. The van der Waals surface area contributed by atoms with Crippen LogP contribution in [0.25, 0.3) is 0 Å². The molecule has 0 fully saturated rings. The van der Waals surface area contributed by atoms with E-state index >= 15 is 0 Å². The van der Waals surface area contributed by atoms with Crippen LogP contribution in [0, 0.1) is 0 Å². The quantitative estimate of drug-likeness (QED) is 0.624. The summed E-state index contributed by atoms with van der Waals surface area (Å²) in [4.78, 5) is 24.0. The van der Waals surface area contributed by atoms with Crippen LogP contribution < -0.4 is 15.4 Å². The van der Waals surface area contributed by atoms with Gasteiger partial charge >= 0.3 is 0 Å². The predicted molar refractivity (Wildman–Crippen MR) is 103 cm³/mol. The maximum Gasteiger partial charge on any atom is 0.255 e. The fourth-order valence-corrected chi connectivity index (χ4v) is 3.66. The molecule has 25 heavy (non-hydrogen) atoms. The second-order valence-electron chi connectivity index (χ2n) is 5.15. The number of rotatable bonds is 10. The molecule has 0 radical (unpaired) electrons. The van der Waals surface area contributed by atoms with E-state index in [0.717, 1.165) is 11.5 Å². The Morgan fingerprint density at radius 3 is 2.80 bits per heavy atom. The third kappa shape index (κ3) is 6.80. The lowest BCUT2D eigenvalue weighted by Gasteiger charge is -2.10. The first-order valence-corrected chi connectivity index (χ1v) is 10.2. The maximum absolute atomic E-state index is 12.2. The van der Waals surface area contributed by atoms with Gasteiger partial charge in [0.25, 0.3) is 5.91 Å². The van der Waals surface area contributed by atoms with Crippen LogP contribution in [0.15, 0.2) is 41.1 Å². The average Bonchev–Trinajstić information content (AvgIpc) is 3.13. The predicted octanol–water partition coefficient (Wildman–Crippen LogP) is 2.93. The van der Waals surface area contributed by atoms with E-state index in [1.807, 2.05) is 13.0 Å². The summed E-state index contributed by atoms with van der Waals surface area (Å²) in [6, 6.07) is 9.10. The number of benzene rings is 1. The second-order valence-corrected chi connectivity index (χ2v) is 7.03. The highest BCUT2D eigenvalue weighted by Crippen LogP contribution is 2.17. The van der Waals surface area contributed by atoms with Gasteiger partial charge < -0.3 is 15.4 Å². The molecule has 0 saturated carbocycles. The van der Waals surface area contributed by atoms with Gasteiger partial charge in [0.15, 0.2) is 0 Å². The van der Waals surface area contributed by atoms with Crippen LogP contribution >= 0.6 is 23.1 Å². The molecule has 2 rings (SSSR count). The Morgan fingerprint density at radius 2 is 2.04 bits per heavy atom. The zero-order valence-corrected chi connectivity index (χ0v) is 15.8. The Hall–Kier alpha value is -1.99. The summed E-state index contributed by atoms with van der Waals surface area (Å²) in [5, 5.41) is 9.62. The number of para-hydroxylation sites is 1. The molecule has 0 unspecified atom stereocenters. The van der Waals surface area contributed by atoms with Crippen LogP contribution in [0.2, 0.25) is 0 Å². The Morgan fingerprint density at radius 1 is 1.20 bits per heavy atom. The molecule has 7 heteroatoms. The standard InChI is InChI=1S/C18H22N2O3S2/c1-2-23-16-6-4-3-5-15(16)18(22)20-11-17(21)19-8-10-25-13-14-7-9-24-12-14/h3-7,9,12H,2,8,10-11,13H2,1H3,(H,19,21)(H,20,22). The molecule has 2 amide bonds. The summed E-state index contributed by atoms with van der Waals surface area (Å²) in [6.07, 6.45) is 0. The van der Waals surface area contributed by atoms with Crippen molar-refractivity contribution in [3.05, 3.63) is 52.2 Å². The Bertz CT molecular complexity index is 675. The first-order valence-electron chi connectivity index (χ1n) is 8.06. The summed E-state index contributed by atoms with van der Waals surface area (Å²) in [6.45, 7) is 2.87. The molecular formula is C18H22N2O3S2. The molecule has 1 aromatic heterocycles. The molecule has 2 aromatic rings. The lowest BCUT2D eigenvalue weighted by molar-refractivity contribution is -0.120. The van der Waals surface area contributed by atoms with E-state index in [2.05, 4.69) is 27.5 Å². The van der Waals surface area contributed by atoms with Crippen LogP contribution in [0.4, 0.5) is 0 Å². The van der Waals surface area contributed by atoms with Gasteiger partial charge in [-0.05, 0) is 41.4 Å². The van der Waals surface area contributed by atoms with Crippen molar-refractivity contribution >= 4 is 34.9 Å². The van der Waals surface area contributed by atoms with Gasteiger partial charge in [0.2, 0.25) is 5.91 Å². The van der Waals surface area contributed by atoms with E-state index < -0.39 is 0 Å². The lowest BCUT2D eigenvalue weighted by atomic mass is 10.2. The number of ether oxygens (including phenoxy) is 1. The minimum atomic E-state index is -0.314. The van der Waals surface area contributed by atoms with E-state index in [9.17, 15) is 9.59 Å². The van der Waals surface area contributed by atoms with Crippen LogP contribution in [0.3, 0.4) is 0 Å². The molecule has 1 aromatic carbocycles. The second kappa shape index (κ2) is 10.8. The van der Waals surface area contributed by atoms with Crippen LogP contribution in [-0.4, -0.2) is 37.3 Å². The van der Waals surface area contributed by atoms with Gasteiger partial charge in [-0.15, -0.1) is 0 Å². The van der Waals surface area contributed by atoms with Crippen molar-refractivity contribution in [2.45, 2.75) is 12.7 Å². The van der Waals surface area contributed by atoms with Gasteiger partial charge in [-0.2, -0.15) is 23.1 Å². The van der Waals surface area contributed by atoms with Gasteiger partial charge in [0.1, 0.15) is 5.75 Å². The van der Waals surface area contributed by atoms with Crippen molar-refractivity contribution in [3.63, 3.8) is 0 Å². The van der Waals surface area contributed by atoms with Crippen molar-refractivity contribution in [1.29, 1.82) is 0 Å². The highest BCUT2D eigenvalue weighted by Gasteiger charge is 2.12. The van der Waals surface area contributed by atoms with E-state index in [1.165, 1.54) is 5.56 Å². The normalized spacial score (nSPS) is 10.3. The molecule has 5 nitrogen and oxygen atoms in total. The lowest BCUT2D eigenvalue weighted by Crippen LogP contribution is -2.37. The van der Waals surface area contributed by atoms with E-state index in [1.54, 1.807) is 41.3 Å². The van der Waals surface area contributed by atoms with Gasteiger partial charge in [-0.1, -0.05) is 12.1 Å². The van der Waals surface area contributed by atoms with Crippen LogP contribution in [0.5, 0.6) is 5.75 Å². The summed E-state index contributed by atoms with van der Waals surface area (Å²) in [5.41, 5.74) is 1.74. The van der Waals surface area contributed by atoms with Crippen molar-refractivity contribution < 1.29 is 14.3 Å². The number of nitrogens with one attached hydrogen (secondary N) is 2. The topological polar surface area (TPSA) is 67.4 Å². The number of carbonyl (C=O) groups excluding carboxylic acids is 2. The zero-order valence-electron chi connectivity index (χ0n) is 14.1. The van der Waals surface area contributed by atoms with Crippen molar-refractivity contribution in [2.24, 2.45) is 0 Å². The fourth-order valence-electron chi connectivity index (χ4n) is 2.08. The number of hydrogen-bond donors (Lipinski definition) is 2. The summed E-state index contributed by atoms with van der Waals surface area (Å²) in [7, 11) is 0. The zero-order chi connectivity index (χ0) is 17.9. The SMILES string of the molecule is CCOc1ccccc1C(=O)NCC(=O)NCCSCc1ccsc1. The number of amides is 2. The van der Waals surface area contributed by atoms with E-state index in [4.69, 9.17) is 4.74 Å². The van der Waals surface area contributed by atoms with Crippen molar-refractivity contribution in [1.82, 2.24) is 10.6 Å². The summed E-state index contributed by atoms with van der Waals surface area (Å²) >= 11 is 3.46. The third-order valence-corrected chi connectivity index (χ3v) is 5.02. The minimum absolute atomic E-state index is 0.0471. The first kappa shape index (κ1) is 19.3. The monoisotopic (exact) mass is 378 g/mol.